The van der Waals surface area contributed by atoms with Crippen LogP contribution < -0.4 is 15.2 Å². The molecular weight excluding hydrogens is 354 g/mol. The largest absolute Gasteiger partial charge is 0.497 e. The van der Waals surface area contributed by atoms with E-state index in [1.165, 1.54) is 0 Å². The minimum Gasteiger partial charge on any atom is -0.497 e. The quantitative estimate of drug-likeness (QED) is 0.840. The van der Waals surface area contributed by atoms with Crippen molar-refractivity contribution < 1.29 is 9.47 Å². The molecule has 2 aromatic carbocycles. The van der Waals surface area contributed by atoms with Gasteiger partial charge in [-0.05, 0) is 39.7 Å². The Bertz CT molecular complexity index is 677. The van der Waals surface area contributed by atoms with Gasteiger partial charge in [0.25, 0.3) is 0 Å². The lowest BCUT2D eigenvalue weighted by Gasteiger charge is -2.31. The Hall–Kier alpha value is -1.23. The summed E-state index contributed by atoms with van der Waals surface area (Å²) in [5.41, 5.74) is 8.34. The number of halogens is 2. The van der Waals surface area contributed by atoms with Crippen molar-refractivity contribution in [3.63, 3.8) is 0 Å². The molecule has 3 rings (SSSR count). The number of nitrogens with two attached hydrogens (primary N) is 1. The Kier molecular flexibility index (Phi) is 4.11. The topological polar surface area (TPSA) is 44.5 Å². The zero-order valence-electron chi connectivity index (χ0n) is 11.5. The van der Waals surface area contributed by atoms with Crippen molar-refractivity contribution in [3.8, 4) is 11.5 Å². The molecule has 1 aliphatic rings. The second kappa shape index (κ2) is 5.87. The maximum atomic E-state index is 6.27. The number of hydrogen-bond donors (Lipinski definition) is 1. The van der Waals surface area contributed by atoms with Crippen molar-refractivity contribution in [1.29, 1.82) is 0 Å². The van der Waals surface area contributed by atoms with Crippen molar-refractivity contribution in [2.45, 2.75) is 18.6 Å². The molecule has 2 aromatic rings. The van der Waals surface area contributed by atoms with Crippen molar-refractivity contribution in [1.82, 2.24) is 0 Å². The maximum Gasteiger partial charge on any atom is 0.128 e. The lowest BCUT2D eigenvalue weighted by molar-refractivity contribution is 0.161. The van der Waals surface area contributed by atoms with E-state index in [9.17, 15) is 0 Å². The van der Waals surface area contributed by atoms with E-state index in [1.807, 2.05) is 36.4 Å². The fraction of sp³-hybridized carbons (Fsp3) is 0.250. The fourth-order valence-corrected chi connectivity index (χ4v) is 3.04. The first kappa shape index (κ1) is 14.7. The highest BCUT2D eigenvalue weighted by Crippen LogP contribution is 2.42. The van der Waals surface area contributed by atoms with Crippen LogP contribution in [0.4, 0.5) is 0 Å². The second-order valence-corrected chi connectivity index (χ2v) is 6.29. The van der Waals surface area contributed by atoms with Gasteiger partial charge in [0.05, 0.1) is 12.1 Å². The molecule has 0 saturated carbocycles. The summed E-state index contributed by atoms with van der Waals surface area (Å²) in [6, 6.07) is 11.5. The summed E-state index contributed by atoms with van der Waals surface area (Å²) >= 11 is 9.48. The molecule has 21 heavy (non-hydrogen) atoms. The number of hydrogen-bond acceptors (Lipinski definition) is 3. The predicted octanol–water partition coefficient (Wildman–Crippen LogP) is 4.63. The molecule has 0 radical (unpaired) electrons. The van der Waals surface area contributed by atoms with Gasteiger partial charge >= 0.3 is 0 Å². The van der Waals surface area contributed by atoms with Crippen LogP contribution in [0.15, 0.2) is 40.9 Å². The van der Waals surface area contributed by atoms with Gasteiger partial charge in [-0.15, -0.1) is 0 Å². The van der Waals surface area contributed by atoms with E-state index in [0.717, 1.165) is 33.5 Å². The molecule has 2 atom stereocenters. The normalized spacial score (nSPS) is 20.6. The van der Waals surface area contributed by atoms with Crippen LogP contribution in [0.25, 0.3) is 0 Å². The average molecular weight is 369 g/mol. The highest BCUT2D eigenvalue weighted by atomic mass is 79.9. The molecular formula is C16H15BrClNO2. The van der Waals surface area contributed by atoms with Crippen molar-refractivity contribution in [2.24, 2.45) is 5.73 Å². The predicted molar refractivity (Wildman–Crippen MR) is 87.1 cm³/mol. The molecule has 0 bridgehead atoms. The van der Waals surface area contributed by atoms with E-state index in [4.69, 9.17) is 26.8 Å². The second-order valence-electron chi connectivity index (χ2n) is 5.03. The lowest BCUT2D eigenvalue weighted by atomic mass is 9.93. The van der Waals surface area contributed by atoms with Crippen LogP contribution in [-0.4, -0.2) is 7.11 Å². The average Bonchev–Trinajstić information content (AvgIpc) is 2.49. The van der Waals surface area contributed by atoms with Crippen molar-refractivity contribution >= 4 is 27.5 Å². The molecule has 110 valence electrons. The van der Waals surface area contributed by atoms with Gasteiger partial charge in [-0.2, -0.15) is 0 Å². The molecule has 1 heterocycles. The summed E-state index contributed by atoms with van der Waals surface area (Å²) in [4.78, 5) is 0. The Labute approximate surface area is 137 Å². The van der Waals surface area contributed by atoms with Crippen LogP contribution in [0.1, 0.15) is 29.7 Å². The summed E-state index contributed by atoms with van der Waals surface area (Å²) in [5.74, 6) is 1.54. The molecule has 2 N–H and O–H groups in total. The van der Waals surface area contributed by atoms with Gasteiger partial charge in [0.15, 0.2) is 0 Å². The zero-order chi connectivity index (χ0) is 15.0. The molecule has 3 nitrogen and oxygen atoms in total. The lowest BCUT2D eigenvalue weighted by Crippen LogP contribution is -2.24. The SMILES string of the molecule is COc1ccc2c(c1)OC(c1ccc(Cl)c(Br)c1)C[C@@H]2N. The first-order chi connectivity index (χ1) is 10.1. The number of rotatable bonds is 2. The zero-order valence-corrected chi connectivity index (χ0v) is 13.8. The van der Waals surface area contributed by atoms with Gasteiger partial charge < -0.3 is 15.2 Å². The third-order valence-electron chi connectivity index (χ3n) is 3.67. The van der Waals surface area contributed by atoms with Crippen LogP contribution in [0.3, 0.4) is 0 Å². The Morgan fingerprint density at radius 3 is 2.81 bits per heavy atom. The van der Waals surface area contributed by atoms with Crippen molar-refractivity contribution in [3.05, 3.63) is 57.0 Å². The Balaban J connectivity index is 1.94. The van der Waals surface area contributed by atoms with Gasteiger partial charge in [0.2, 0.25) is 0 Å². The molecule has 0 fully saturated rings. The van der Waals surface area contributed by atoms with E-state index in [0.29, 0.717) is 5.02 Å². The van der Waals surface area contributed by atoms with Gasteiger partial charge in [-0.3, -0.25) is 0 Å². The van der Waals surface area contributed by atoms with Crippen LogP contribution >= 0.6 is 27.5 Å². The summed E-state index contributed by atoms with van der Waals surface area (Å²) in [6.45, 7) is 0. The molecule has 5 heteroatoms. The van der Waals surface area contributed by atoms with Gasteiger partial charge in [0.1, 0.15) is 17.6 Å². The molecule has 0 aromatic heterocycles. The van der Waals surface area contributed by atoms with Crippen LogP contribution in [0.5, 0.6) is 11.5 Å². The first-order valence-electron chi connectivity index (χ1n) is 6.63. The minimum absolute atomic E-state index is 0.0564. The van der Waals surface area contributed by atoms with Crippen molar-refractivity contribution in [2.75, 3.05) is 7.11 Å². The van der Waals surface area contributed by atoms with Gasteiger partial charge in [0, 0.05) is 28.6 Å². The summed E-state index contributed by atoms with van der Waals surface area (Å²) in [6.07, 6.45) is 0.640. The molecule has 0 aliphatic carbocycles. The van der Waals surface area contributed by atoms with E-state index in [-0.39, 0.29) is 12.1 Å². The molecule has 0 amide bonds. The monoisotopic (exact) mass is 367 g/mol. The third kappa shape index (κ3) is 2.89. The summed E-state index contributed by atoms with van der Waals surface area (Å²) in [5, 5.41) is 0.681. The third-order valence-corrected chi connectivity index (χ3v) is 4.89. The van der Waals surface area contributed by atoms with Crippen LogP contribution in [0, 0.1) is 0 Å². The minimum atomic E-state index is -0.0897. The van der Waals surface area contributed by atoms with Gasteiger partial charge in [-0.25, -0.2) is 0 Å². The van der Waals surface area contributed by atoms with Crippen LogP contribution in [-0.2, 0) is 0 Å². The molecule has 0 spiro atoms. The number of ether oxygens (including phenoxy) is 2. The first-order valence-corrected chi connectivity index (χ1v) is 7.80. The summed E-state index contributed by atoms with van der Waals surface area (Å²) in [7, 11) is 1.64. The van der Waals surface area contributed by atoms with E-state index < -0.39 is 0 Å². The van der Waals surface area contributed by atoms with E-state index >= 15 is 0 Å². The highest BCUT2D eigenvalue weighted by molar-refractivity contribution is 9.10. The Morgan fingerprint density at radius 1 is 1.29 bits per heavy atom. The fourth-order valence-electron chi connectivity index (χ4n) is 2.53. The Morgan fingerprint density at radius 2 is 2.10 bits per heavy atom. The number of fused-ring (bicyclic) bond motifs is 1. The highest BCUT2D eigenvalue weighted by Gasteiger charge is 2.27. The van der Waals surface area contributed by atoms with Crippen LogP contribution in [0.2, 0.25) is 5.02 Å². The number of methoxy groups -OCH3 is 1. The maximum absolute atomic E-state index is 6.27. The summed E-state index contributed by atoms with van der Waals surface area (Å²) < 4.78 is 12.2. The standard InChI is InChI=1S/C16H15BrClNO2/c1-20-10-3-4-11-14(19)8-15(21-16(11)7-10)9-2-5-13(18)12(17)6-9/h2-7,14-15H,8,19H2,1H3/t14-,15?/m0/s1. The van der Waals surface area contributed by atoms with E-state index in [2.05, 4.69) is 15.9 Å². The molecule has 1 aliphatic heterocycles. The van der Waals surface area contributed by atoms with Gasteiger partial charge in [-0.1, -0.05) is 23.7 Å². The van der Waals surface area contributed by atoms with E-state index in [1.54, 1.807) is 7.11 Å². The smallest absolute Gasteiger partial charge is 0.128 e. The molecule has 1 unspecified atom stereocenters. The molecule has 0 saturated heterocycles. The number of benzene rings is 2.